The summed E-state index contributed by atoms with van der Waals surface area (Å²) in [4.78, 5) is 27.5. The molecule has 2 aromatic carbocycles. The van der Waals surface area contributed by atoms with E-state index in [2.05, 4.69) is 10.2 Å². The maximum Gasteiger partial charge on any atom is 0.238 e. The van der Waals surface area contributed by atoms with E-state index in [0.717, 1.165) is 42.7 Å². The number of carbonyl (C=O) groups is 2. The summed E-state index contributed by atoms with van der Waals surface area (Å²) in [5, 5.41) is 3.01. The number of fused-ring (bicyclic) bond motifs is 1. The molecule has 1 N–H and O–H groups in total. The Morgan fingerprint density at radius 3 is 2.53 bits per heavy atom. The highest BCUT2D eigenvalue weighted by atomic mass is 16.6. The zero-order valence-corrected chi connectivity index (χ0v) is 17.6. The third kappa shape index (κ3) is 4.49. The third-order valence-corrected chi connectivity index (χ3v) is 6.03. The highest BCUT2D eigenvalue weighted by molar-refractivity contribution is 5.98. The van der Waals surface area contributed by atoms with Gasteiger partial charge in [-0.2, -0.15) is 0 Å². The molecule has 30 heavy (non-hydrogen) atoms. The van der Waals surface area contributed by atoms with Crippen LogP contribution < -0.4 is 14.8 Å². The van der Waals surface area contributed by atoms with Gasteiger partial charge in [0.1, 0.15) is 13.2 Å². The van der Waals surface area contributed by atoms with Crippen molar-refractivity contribution in [1.29, 1.82) is 0 Å². The van der Waals surface area contributed by atoms with E-state index in [1.807, 2.05) is 44.2 Å². The van der Waals surface area contributed by atoms with Crippen molar-refractivity contribution < 1.29 is 19.1 Å². The van der Waals surface area contributed by atoms with Gasteiger partial charge in [-0.1, -0.05) is 12.1 Å². The Hall–Kier alpha value is -2.86. The smallest absolute Gasteiger partial charge is 0.238 e. The summed E-state index contributed by atoms with van der Waals surface area (Å²) < 4.78 is 11.1. The van der Waals surface area contributed by atoms with Crippen molar-refractivity contribution in [1.82, 2.24) is 4.90 Å². The van der Waals surface area contributed by atoms with Crippen molar-refractivity contribution in [3.63, 3.8) is 0 Å². The van der Waals surface area contributed by atoms with Crippen LogP contribution in [-0.2, 0) is 4.79 Å². The molecule has 1 amide bonds. The number of hydrogen-bond acceptors (Lipinski definition) is 5. The van der Waals surface area contributed by atoms with Crippen molar-refractivity contribution in [3.8, 4) is 11.5 Å². The number of Topliss-reactive ketones (excluding diaryl/α,β-unsaturated/α-hetero) is 1. The SMILES string of the molecule is Cc1cccc(NC(=O)CN2CCC(C(=O)c3ccc4c(c3)OCCO4)CC2)c1C. The Morgan fingerprint density at radius 2 is 1.77 bits per heavy atom. The zero-order chi connectivity index (χ0) is 21.1. The number of amides is 1. The van der Waals surface area contributed by atoms with Gasteiger partial charge in [-0.05, 0) is 75.2 Å². The lowest BCUT2D eigenvalue weighted by Crippen LogP contribution is -2.40. The van der Waals surface area contributed by atoms with Gasteiger partial charge in [-0.25, -0.2) is 0 Å². The van der Waals surface area contributed by atoms with Crippen LogP contribution in [0, 0.1) is 19.8 Å². The summed E-state index contributed by atoms with van der Waals surface area (Å²) in [6, 6.07) is 11.3. The molecule has 158 valence electrons. The highest BCUT2D eigenvalue weighted by Gasteiger charge is 2.27. The van der Waals surface area contributed by atoms with E-state index in [0.29, 0.717) is 36.8 Å². The predicted octanol–water partition coefficient (Wildman–Crippen LogP) is 3.61. The highest BCUT2D eigenvalue weighted by Crippen LogP contribution is 2.32. The molecule has 0 unspecified atom stereocenters. The average Bonchev–Trinajstić information content (AvgIpc) is 2.76. The number of ketones is 1. The van der Waals surface area contributed by atoms with Crippen LogP contribution in [0.5, 0.6) is 11.5 Å². The molecular weight excluding hydrogens is 380 g/mol. The zero-order valence-electron chi connectivity index (χ0n) is 17.6. The summed E-state index contributed by atoms with van der Waals surface area (Å²) in [6.45, 7) is 6.91. The van der Waals surface area contributed by atoms with Crippen LogP contribution in [-0.4, -0.2) is 49.4 Å². The Bertz CT molecular complexity index is 948. The number of anilines is 1. The maximum absolute atomic E-state index is 12.9. The van der Waals surface area contributed by atoms with Crippen LogP contribution in [0.3, 0.4) is 0 Å². The molecule has 6 nitrogen and oxygen atoms in total. The standard InChI is InChI=1S/C24H28N2O4/c1-16-4-3-5-20(17(16)2)25-23(27)15-26-10-8-18(9-11-26)24(28)19-6-7-21-22(14-19)30-13-12-29-21/h3-7,14,18H,8-13,15H2,1-2H3,(H,25,27). The number of nitrogens with zero attached hydrogens (tertiary/aromatic N) is 1. The van der Waals surface area contributed by atoms with Gasteiger partial charge >= 0.3 is 0 Å². The second-order valence-electron chi connectivity index (χ2n) is 8.07. The number of likely N-dealkylation sites (tertiary alicyclic amines) is 1. The van der Waals surface area contributed by atoms with E-state index in [-0.39, 0.29) is 17.6 Å². The minimum absolute atomic E-state index is 0.0136. The molecule has 0 spiro atoms. The number of carbonyl (C=O) groups excluding carboxylic acids is 2. The first-order valence-electron chi connectivity index (χ1n) is 10.5. The van der Waals surface area contributed by atoms with E-state index in [4.69, 9.17) is 9.47 Å². The van der Waals surface area contributed by atoms with Gasteiger partial charge in [-0.15, -0.1) is 0 Å². The molecule has 0 radical (unpaired) electrons. The summed E-state index contributed by atoms with van der Waals surface area (Å²) >= 11 is 0. The molecule has 0 saturated carbocycles. The topological polar surface area (TPSA) is 67.9 Å². The largest absolute Gasteiger partial charge is 0.486 e. The van der Waals surface area contributed by atoms with Crippen LogP contribution in [0.15, 0.2) is 36.4 Å². The van der Waals surface area contributed by atoms with E-state index in [9.17, 15) is 9.59 Å². The Balaban J connectivity index is 1.30. The van der Waals surface area contributed by atoms with Crippen molar-refractivity contribution in [2.75, 3.05) is 38.2 Å². The fourth-order valence-corrected chi connectivity index (χ4v) is 4.06. The molecule has 4 rings (SSSR count). The third-order valence-electron chi connectivity index (χ3n) is 6.03. The number of aryl methyl sites for hydroxylation is 1. The fraction of sp³-hybridized carbons (Fsp3) is 0.417. The molecule has 2 aliphatic heterocycles. The van der Waals surface area contributed by atoms with Gasteiger partial charge in [0.05, 0.1) is 6.54 Å². The van der Waals surface area contributed by atoms with Gasteiger partial charge in [-0.3, -0.25) is 14.5 Å². The van der Waals surface area contributed by atoms with E-state index < -0.39 is 0 Å². The molecule has 0 aliphatic carbocycles. The lowest BCUT2D eigenvalue weighted by Gasteiger charge is -2.31. The number of hydrogen-bond donors (Lipinski definition) is 1. The molecule has 1 saturated heterocycles. The number of benzene rings is 2. The molecule has 2 aliphatic rings. The van der Waals surface area contributed by atoms with Gasteiger partial charge in [0.15, 0.2) is 17.3 Å². The predicted molar refractivity (Wildman–Crippen MR) is 115 cm³/mol. The number of rotatable bonds is 5. The number of piperidine rings is 1. The quantitative estimate of drug-likeness (QED) is 0.766. The number of ether oxygens (including phenoxy) is 2. The normalized spacial score (nSPS) is 16.9. The van der Waals surface area contributed by atoms with Crippen molar-refractivity contribution >= 4 is 17.4 Å². The summed E-state index contributed by atoms with van der Waals surface area (Å²) in [5.74, 6) is 1.45. The van der Waals surface area contributed by atoms with Gasteiger partial charge < -0.3 is 14.8 Å². The molecule has 2 heterocycles. The minimum Gasteiger partial charge on any atom is -0.486 e. The molecule has 0 aromatic heterocycles. The molecule has 1 fully saturated rings. The second-order valence-corrected chi connectivity index (χ2v) is 8.07. The molecule has 6 heteroatoms. The molecule has 2 aromatic rings. The molecular formula is C24H28N2O4. The Morgan fingerprint density at radius 1 is 1.03 bits per heavy atom. The first kappa shape index (κ1) is 20.4. The van der Waals surface area contributed by atoms with Crippen LogP contribution in [0.2, 0.25) is 0 Å². The molecule has 0 atom stereocenters. The van der Waals surface area contributed by atoms with Crippen LogP contribution >= 0.6 is 0 Å². The summed E-state index contributed by atoms with van der Waals surface area (Å²) in [5.41, 5.74) is 3.79. The minimum atomic E-state index is -0.0223. The summed E-state index contributed by atoms with van der Waals surface area (Å²) in [6.07, 6.45) is 1.51. The van der Waals surface area contributed by atoms with Crippen LogP contribution in [0.1, 0.15) is 34.3 Å². The van der Waals surface area contributed by atoms with E-state index in [1.165, 1.54) is 0 Å². The Labute approximate surface area is 177 Å². The van der Waals surface area contributed by atoms with Crippen molar-refractivity contribution in [3.05, 3.63) is 53.1 Å². The lowest BCUT2D eigenvalue weighted by atomic mass is 9.88. The Kier molecular flexibility index (Phi) is 6.04. The lowest BCUT2D eigenvalue weighted by molar-refractivity contribution is -0.117. The summed E-state index contributed by atoms with van der Waals surface area (Å²) in [7, 11) is 0. The van der Waals surface area contributed by atoms with E-state index >= 15 is 0 Å². The van der Waals surface area contributed by atoms with Gasteiger partial charge in [0, 0.05) is 17.2 Å². The first-order valence-corrected chi connectivity index (χ1v) is 10.5. The fourth-order valence-electron chi connectivity index (χ4n) is 4.06. The number of nitrogens with one attached hydrogen (secondary N) is 1. The average molecular weight is 408 g/mol. The van der Waals surface area contributed by atoms with Gasteiger partial charge in [0.25, 0.3) is 0 Å². The molecule has 0 bridgehead atoms. The van der Waals surface area contributed by atoms with Gasteiger partial charge in [0.2, 0.25) is 5.91 Å². The van der Waals surface area contributed by atoms with Crippen molar-refractivity contribution in [2.24, 2.45) is 5.92 Å². The van der Waals surface area contributed by atoms with Crippen LogP contribution in [0.4, 0.5) is 5.69 Å². The maximum atomic E-state index is 12.9. The van der Waals surface area contributed by atoms with Crippen molar-refractivity contribution in [2.45, 2.75) is 26.7 Å². The van der Waals surface area contributed by atoms with E-state index in [1.54, 1.807) is 6.07 Å². The first-order chi connectivity index (χ1) is 14.5. The van der Waals surface area contributed by atoms with Crippen LogP contribution in [0.25, 0.3) is 0 Å². The second kappa shape index (κ2) is 8.88. The monoisotopic (exact) mass is 408 g/mol.